The van der Waals surface area contributed by atoms with Gasteiger partial charge in [0.15, 0.2) is 0 Å². The third-order valence-electron chi connectivity index (χ3n) is 6.37. The van der Waals surface area contributed by atoms with Crippen molar-refractivity contribution in [2.45, 2.75) is 22.3 Å². The van der Waals surface area contributed by atoms with Gasteiger partial charge in [0.25, 0.3) is 15.9 Å². The van der Waals surface area contributed by atoms with E-state index in [2.05, 4.69) is 25.2 Å². The Morgan fingerprint density at radius 1 is 0.976 bits per heavy atom. The normalized spacial score (nSPS) is 12.2. The van der Waals surface area contributed by atoms with Gasteiger partial charge in [0.2, 0.25) is 5.82 Å². The zero-order chi connectivity index (χ0) is 28.7. The lowest BCUT2D eigenvalue weighted by Crippen LogP contribution is -2.23. The molecule has 3 N–H and O–H groups in total. The summed E-state index contributed by atoms with van der Waals surface area (Å²) in [7, 11) is -3.79. The third-order valence-corrected chi connectivity index (χ3v) is 8.49. The van der Waals surface area contributed by atoms with E-state index in [9.17, 15) is 13.5 Å². The van der Waals surface area contributed by atoms with Crippen LogP contribution in [0.1, 0.15) is 17.2 Å². The number of nitrogens with zero attached hydrogens (tertiary/aromatic N) is 3. The van der Waals surface area contributed by atoms with Crippen LogP contribution in [0, 0.1) is 0 Å². The van der Waals surface area contributed by atoms with Gasteiger partial charge in [0, 0.05) is 46.2 Å². The number of anilines is 1. The smallest absolute Gasteiger partial charge is 0.261 e. The number of aliphatic hydroxyl groups excluding tert-OH is 1. The summed E-state index contributed by atoms with van der Waals surface area (Å²) in [6.45, 7) is 1.09. The number of aliphatic hydroxyl groups is 1. The van der Waals surface area contributed by atoms with E-state index in [1.54, 1.807) is 54.5 Å². The zero-order valence-electron chi connectivity index (χ0n) is 22.3. The van der Waals surface area contributed by atoms with E-state index in [4.69, 9.17) is 4.52 Å². The SMILES string of the molecule is CSc1cccc(-c2nc(-c3ccc(S(=O)(=O)Nc4ccc(CCNCC(O)c5cccnc5)cc4)cc3)no2)c1. The minimum Gasteiger partial charge on any atom is -0.387 e. The van der Waals surface area contributed by atoms with Crippen molar-refractivity contribution in [1.29, 1.82) is 0 Å². The van der Waals surface area contributed by atoms with E-state index in [0.717, 1.165) is 28.0 Å². The quantitative estimate of drug-likeness (QED) is 0.133. The topological polar surface area (TPSA) is 130 Å². The summed E-state index contributed by atoms with van der Waals surface area (Å²) in [5.41, 5.74) is 3.74. The molecule has 3 aromatic carbocycles. The lowest BCUT2D eigenvalue weighted by Gasteiger charge is -2.12. The molecule has 210 valence electrons. The number of aromatic nitrogens is 3. The summed E-state index contributed by atoms with van der Waals surface area (Å²) in [4.78, 5) is 9.70. The van der Waals surface area contributed by atoms with Gasteiger partial charge in [-0.2, -0.15) is 4.98 Å². The molecule has 1 atom stereocenters. The van der Waals surface area contributed by atoms with Crippen molar-refractivity contribution in [3.8, 4) is 22.8 Å². The van der Waals surface area contributed by atoms with Crippen molar-refractivity contribution >= 4 is 27.5 Å². The first-order chi connectivity index (χ1) is 19.9. The first kappa shape index (κ1) is 28.5. The Morgan fingerprint density at radius 3 is 2.51 bits per heavy atom. The van der Waals surface area contributed by atoms with E-state index >= 15 is 0 Å². The van der Waals surface area contributed by atoms with Crippen molar-refractivity contribution in [2.24, 2.45) is 0 Å². The number of benzene rings is 3. The fourth-order valence-corrected chi connectivity index (χ4v) is 5.63. The van der Waals surface area contributed by atoms with Gasteiger partial charge < -0.3 is 14.9 Å². The van der Waals surface area contributed by atoms with E-state index in [1.807, 2.05) is 48.7 Å². The highest BCUT2D eigenvalue weighted by Gasteiger charge is 2.16. The Labute approximate surface area is 243 Å². The van der Waals surface area contributed by atoms with Crippen LogP contribution in [0.15, 0.2) is 112 Å². The van der Waals surface area contributed by atoms with Crippen LogP contribution in [0.2, 0.25) is 0 Å². The number of hydrogen-bond acceptors (Lipinski definition) is 9. The molecule has 0 fully saturated rings. The summed E-state index contributed by atoms with van der Waals surface area (Å²) < 4.78 is 34.0. The minimum atomic E-state index is -3.79. The Morgan fingerprint density at radius 2 is 1.78 bits per heavy atom. The molecule has 0 spiro atoms. The number of sulfonamides is 1. The standard InChI is InChI=1S/C30H29N5O4S2/c1-40-26-6-2-4-23(18-26)30-33-29(34-39-30)22-9-13-27(14-10-22)41(37,38)35-25-11-7-21(8-12-25)15-17-32-20-28(36)24-5-3-16-31-19-24/h2-14,16,18-19,28,32,35-36H,15,17,20H2,1H3. The van der Waals surface area contributed by atoms with Crippen molar-refractivity contribution < 1.29 is 18.0 Å². The number of pyridine rings is 1. The monoisotopic (exact) mass is 587 g/mol. The Balaban J connectivity index is 1.15. The molecule has 9 nitrogen and oxygen atoms in total. The molecule has 2 aromatic heterocycles. The second kappa shape index (κ2) is 13.1. The molecular formula is C30H29N5O4S2. The van der Waals surface area contributed by atoms with Gasteiger partial charge in [-0.1, -0.05) is 29.4 Å². The maximum Gasteiger partial charge on any atom is 0.261 e. The highest BCUT2D eigenvalue weighted by molar-refractivity contribution is 7.98. The summed E-state index contributed by atoms with van der Waals surface area (Å²) in [6.07, 6.45) is 5.43. The van der Waals surface area contributed by atoms with Gasteiger partial charge >= 0.3 is 0 Å². The van der Waals surface area contributed by atoms with Crippen LogP contribution < -0.4 is 10.0 Å². The Kier molecular flexibility index (Phi) is 9.10. The van der Waals surface area contributed by atoms with Gasteiger partial charge in [0.1, 0.15) is 0 Å². The average Bonchev–Trinajstić information content (AvgIpc) is 3.51. The summed E-state index contributed by atoms with van der Waals surface area (Å²) in [5.74, 6) is 0.777. The van der Waals surface area contributed by atoms with Crippen LogP contribution in [0.25, 0.3) is 22.8 Å². The van der Waals surface area contributed by atoms with Crippen LogP contribution in [0.4, 0.5) is 5.69 Å². The van der Waals surface area contributed by atoms with Crippen LogP contribution in [0.5, 0.6) is 0 Å². The Bertz CT molecular complexity index is 1680. The molecule has 41 heavy (non-hydrogen) atoms. The van der Waals surface area contributed by atoms with Crippen LogP contribution in [-0.2, 0) is 16.4 Å². The molecule has 0 saturated carbocycles. The molecule has 2 heterocycles. The van der Waals surface area contributed by atoms with E-state index in [0.29, 0.717) is 36.1 Å². The second-order valence-electron chi connectivity index (χ2n) is 9.24. The maximum atomic E-state index is 13.0. The van der Waals surface area contributed by atoms with Gasteiger partial charge in [-0.25, -0.2) is 8.42 Å². The molecule has 11 heteroatoms. The van der Waals surface area contributed by atoms with Crippen molar-refractivity contribution in [3.63, 3.8) is 0 Å². The summed E-state index contributed by atoms with van der Waals surface area (Å²) in [5, 5.41) is 17.5. The van der Waals surface area contributed by atoms with Crippen LogP contribution in [-0.4, -0.2) is 48.0 Å². The molecule has 0 aliphatic carbocycles. The van der Waals surface area contributed by atoms with Crippen molar-refractivity contribution in [2.75, 3.05) is 24.1 Å². The average molecular weight is 588 g/mol. The number of thioether (sulfide) groups is 1. The first-order valence-electron chi connectivity index (χ1n) is 12.9. The molecule has 0 bridgehead atoms. The summed E-state index contributed by atoms with van der Waals surface area (Å²) in [6, 6.07) is 25.0. The van der Waals surface area contributed by atoms with Gasteiger partial charge in [-0.05, 0) is 85.4 Å². The third kappa shape index (κ3) is 7.39. The molecular weight excluding hydrogens is 558 g/mol. The molecule has 5 aromatic rings. The highest BCUT2D eigenvalue weighted by atomic mass is 32.2. The number of hydrogen-bond donors (Lipinski definition) is 3. The molecule has 0 aliphatic rings. The maximum absolute atomic E-state index is 13.0. The molecule has 0 radical (unpaired) electrons. The van der Waals surface area contributed by atoms with Gasteiger partial charge in [-0.3, -0.25) is 9.71 Å². The zero-order valence-corrected chi connectivity index (χ0v) is 23.9. The predicted molar refractivity (Wildman–Crippen MR) is 160 cm³/mol. The fourth-order valence-electron chi connectivity index (χ4n) is 4.11. The molecule has 0 amide bonds. The lowest BCUT2D eigenvalue weighted by molar-refractivity contribution is 0.174. The van der Waals surface area contributed by atoms with Crippen molar-refractivity contribution in [1.82, 2.24) is 20.4 Å². The van der Waals surface area contributed by atoms with Crippen molar-refractivity contribution in [3.05, 3.63) is 108 Å². The molecule has 1 unspecified atom stereocenters. The van der Waals surface area contributed by atoms with Gasteiger partial charge in [-0.15, -0.1) is 11.8 Å². The van der Waals surface area contributed by atoms with E-state index in [-0.39, 0.29) is 4.90 Å². The first-order valence-corrected chi connectivity index (χ1v) is 15.6. The van der Waals surface area contributed by atoms with E-state index in [1.165, 1.54) is 12.1 Å². The molecule has 0 aliphatic heterocycles. The Hall–Kier alpha value is -4.03. The van der Waals surface area contributed by atoms with Gasteiger partial charge in [0.05, 0.1) is 11.0 Å². The highest BCUT2D eigenvalue weighted by Crippen LogP contribution is 2.26. The molecule has 5 rings (SSSR count). The largest absolute Gasteiger partial charge is 0.387 e. The predicted octanol–water partition coefficient (Wildman–Crippen LogP) is 5.19. The number of rotatable bonds is 12. The van der Waals surface area contributed by atoms with Crippen LogP contribution >= 0.6 is 11.8 Å². The minimum absolute atomic E-state index is 0.123. The van der Waals surface area contributed by atoms with Crippen LogP contribution in [0.3, 0.4) is 0 Å². The number of nitrogens with one attached hydrogen (secondary N) is 2. The molecule has 0 saturated heterocycles. The summed E-state index contributed by atoms with van der Waals surface area (Å²) >= 11 is 1.63. The fraction of sp³-hybridized carbons (Fsp3) is 0.167. The second-order valence-corrected chi connectivity index (χ2v) is 11.8. The lowest BCUT2D eigenvalue weighted by atomic mass is 10.1. The van der Waals surface area contributed by atoms with E-state index < -0.39 is 16.1 Å².